The SMILES string of the molecule is CC(C)Sc1ccccc1CN1CC2(CCN(CC(=O)Nc3nnc(N[C@@H]4CCN(c5cccnn5)C4)s3)C2)C1. The van der Waals surface area contributed by atoms with Crippen molar-refractivity contribution in [2.24, 2.45) is 5.41 Å². The fourth-order valence-electron chi connectivity index (χ4n) is 6.10. The first kappa shape index (κ1) is 27.4. The van der Waals surface area contributed by atoms with Gasteiger partial charge >= 0.3 is 0 Å². The van der Waals surface area contributed by atoms with E-state index in [9.17, 15) is 4.79 Å². The van der Waals surface area contributed by atoms with Gasteiger partial charge in [0, 0.05) is 67.1 Å². The van der Waals surface area contributed by atoms with Gasteiger partial charge in [0.1, 0.15) is 0 Å². The van der Waals surface area contributed by atoms with Crippen LogP contribution in [0.4, 0.5) is 16.1 Å². The zero-order valence-corrected chi connectivity index (χ0v) is 24.8. The Morgan fingerprint density at radius 2 is 1.90 bits per heavy atom. The molecular formula is C28H37N9OS2. The third-order valence-electron chi connectivity index (χ3n) is 7.80. The Labute approximate surface area is 243 Å². The van der Waals surface area contributed by atoms with E-state index in [1.165, 1.54) is 21.8 Å². The van der Waals surface area contributed by atoms with Gasteiger partial charge in [0.2, 0.25) is 16.2 Å². The number of carbonyl (C=O) groups is 1. The van der Waals surface area contributed by atoms with Crippen LogP contribution in [-0.2, 0) is 11.3 Å². The molecule has 5 heterocycles. The van der Waals surface area contributed by atoms with E-state index in [4.69, 9.17) is 0 Å². The number of nitrogens with zero attached hydrogens (tertiary/aromatic N) is 7. The summed E-state index contributed by atoms with van der Waals surface area (Å²) in [6, 6.07) is 12.9. The molecule has 0 unspecified atom stereocenters. The summed E-state index contributed by atoms with van der Waals surface area (Å²) in [5.41, 5.74) is 1.74. The molecule has 2 aromatic heterocycles. The number of nitrogens with one attached hydrogen (secondary N) is 2. The van der Waals surface area contributed by atoms with Crippen molar-refractivity contribution in [3.05, 3.63) is 48.2 Å². The summed E-state index contributed by atoms with van der Waals surface area (Å²) >= 11 is 3.33. The van der Waals surface area contributed by atoms with E-state index < -0.39 is 0 Å². The number of hydrogen-bond acceptors (Lipinski definition) is 11. The maximum atomic E-state index is 12.8. The van der Waals surface area contributed by atoms with Crippen LogP contribution >= 0.6 is 23.1 Å². The molecule has 0 radical (unpaired) electrons. The lowest BCUT2D eigenvalue weighted by Crippen LogP contribution is -2.57. The molecule has 1 amide bonds. The summed E-state index contributed by atoms with van der Waals surface area (Å²) in [5.74, 6) is 0.867. The summed E-state index contributed by atoms with van der Waals surface area (Å²) in [5, 5.41) is 24.9. The highest BCUT2D eigenvalue weighted by Gasteiger charge is 2.47. The van der Waals surface area contributed by atoms with E-state index >= 15 is 0 Å². The molecule has 3 aliphatic rings. The van der Waals surface area contributed by atoms with E-state index in [0.717, 1.165) is 69.6 Å². The minimum absolute atomic E-state index is 0.0229. The normalized spacial score (nSPS) is 20.8. The van der Waals surface area contributed by atoms with Crippen molar-refractivity contribution in [2.45, 2.75) is 49.4 Å². The van der Waals surface area contributed by atoms with Gasteiger partial charge in [-0.3, -0.25) is 19.9 Å². The molecule has 3 saturated heterocycles. The number of rotatable bonds is 10. The Bertz CT molecular complexity index is 1300. The lowest BCUT2D eigenvalue weighted by Gasteiger charge is -2.48. The van der Waals surface area contributed by atoms with Gasteiger partial charge in [0.25, 0.3) is 0 Å². The van der Waals surface area contributed by atoms with Crippen molar-refractivity contribution < 1.29 is 4.79 Å². The molecule has 0 aliphatic carbocycles. The quantitative estimate of drug-likeness (QED) is 0.346. The van der Waals surface area contributed by atoms with Gasteiger partial charge in [0.15, 0.2) is 5.82 Å². The van der Waals surface area contributed by atoms with Crippen LogP contribution in [0.25, 0.3) is 0 Å². The Morgan fingerprint density at radius 3 is 2.73 bits per heavy atom. The molecule has 0 saturated carbocycles. The molecule has 6 rings (SSSR count). The molecule has 10 nitrogen and oxygen atoms in total. The van der Waals surface area contributed by atoms with Crippen LogP contribution in [0.15, 0.2) is 47.5 Å². The van der Waals surface area contributed by atoms with E-state index in [0.29, 0.717) is 22.3 Å². The van der Waals surface area contributed by atoms with Crippen LogP contribution in [0.3, 0.4) is 0 Å². The van der Waals surface area contributed by atoms with E-state index in [2.05, 4.69) is 83.8 Å². The van der Waals surface area contributed by atoms with Crippen LogP contribution in [0.1, 0.15) is 32.3 Å². The Balaban J connectivity index is 0.930. The van der Waals surface area contributed by atoms with Gasteiger partial charge in [-0.15, -0.1) is 27.1 Å². The van der Waals surface area contributed by atoms with Crippen LogP contribution in [0.2, 0.25) is 0 Å². The fourth-order valence-corrected chi connectivity index (χ4v) is 7.78. The molecular weight excluding hydrogens is 543 g/mol. The Morgan fingerprint density at radius 1 is 1.07 bits per heavy atom. The number of aromatic nitrogens is 4. The lowest BCUT2D eigenvalue weighted by atomic mass is 9.79. The van der Waals surface area contributed by atoms with Gasteiger partial charge in [-0.25, -0.2) is 0 Å². The van der Waals surface area contributed by atoms with Crippen molar-refractivity contribution >= 4 is 45.1 Å². The molecule has 3 fully saturated rings. The summed E-state index contributed by atoms with van der Waals surface area (Å²) < 4.78 is 0. The first-order valence-electron chi connectivity index (χ1n) is 14.0. The topological polar surface area (TPSA) is 102 Å². The van der Waals surface area contributed by atoms with Gasteiger partial charge in [0.05, 0.1) is 6.54 Å². The van der Waals surface area contributed by atoms with E-state index in [1.807, 2.05) is 23.9 Å². The average molecular weight is 580 g/mol. The Hall–Kier alpha value is -2.80. The molecule has 212 valence electrons. The molecule has 3 aliphatic heterocycles. The smallest absolute Gasteiger partial charge is 0.240 e. The van der Waals surface area contributed by atoms with Crippen molar-refractivity contribution in [2.75, 3.05) is 61.3 Å². The zero-order chi connectivity index (χ0) is 27.5. The molecule has 40 heavy (non-hydrogen) atoms. The maximum Gasteiger partial charge on any atom is 0.240 e. The number of benzene rings is 1. The highest BCUT2D eigenvalue weighted by atomic mass is 32.2. The molecule has 0 bridgehead atoms. The van der Waals surface area contributed by atoms with Crippen molar-refractivity contribution in [1.29, 1.82) is 0 Å². The third kappa shape index (κ3) is 6.56. The predicted molar refractivity (Wildman–Crippen MR) is 161 cm³/mol. The second-order valence-electron chi connectivity index (χ2n) is 11.5. The van der Waals surface area contributed by atoms with Crippen LogP contribution in [-0.4, -0.2) is 93.2 Å². The summed E-state index contributed by atoms with van der Waals surface area (Å²) in [4.78, 5) is 21.2. The monoisotopic (exact) mass is 579 g/mol. The van der Waals surface area contributed by atoms with Crippen molar-refractivity contribution in [3.63, 3.8) is 0 Å². The molecule has 3 aromatic rings. The summed E-state index contributed by atoms with van der Waals surface area (Å²) in [6.45, 7) is 11.8. The van der Waals surface area contributed by atoms with Gasteiger partial charge < -0.3 is 10.2 Å². The summed E-state index contributed by atoms with van der Waals surface area (Å²) in [6.07, 6.45) is 3.82. The van der Waals surface area contributed by atoms with Crippen LogP contribution in [0, 0.1) is 5.41 Å². The number of thioether (sulfide) groups is 1. The van der Waals surface area contributed by atoms with Crippen molar-refractivity contribution in [3.8, 4) is 0 Å². The largest absolute Gasteiger partial charge is 0.355 e. The Kier molecular flexibility index (Phi) is 8.20. The van der Waals surface area contributed by atoms with Crippen LogP contribution < -0.4 is 15.5 Å². The fraction of sp³-hybridized carbons (Fsp3) is 0.536. The number of hydrogen-bond donors (Lipinski definition) is 2. The van der Waals surface area contributed by atoms with Gasteiger partial charge in [-0.05, 0) is 43.1 Å². The first-order valence-corrected chi connectivity index (χ1v) is 15.7. The van der Waals surface area contributed by atoms with Crippen LogP contribution in [0.5, 0.6) is 0 Å². The highest BCUT2D eigenvalue weighted by Crippen LogP contribution is 2.41. The molecule has 1 aromatic carbocycles. The lowest BCUT2D eigenvalue weighted by molar-refractivity contribution is -0.117. The van der Waals surface area contributed by atoms with E-state index in [-0.39, 0.29) is 11.9 Å². The maximum absolute atomic E-state index is 12.8. The highest BCUT2D eigenvalue weighted by molar-refractivity contribution is 8.00. The second kappa shape index (κ2) is 12.0. The summed E-state index contributed by atoms with van der Waals surface area (Å²) in [7, 11) is 0. The molecule has 1 spiro atoms. The molecule has 1 atom stereocenters. The minimum Gasteiger partial charge on any atom is -0.355 e. The van der Waals surface area contributed by atoms with Gasteiger partial charge in [-0.1, -0.05) is 43.4 Å². The number of likely N-dealkylation sites (tertiary alicyclic amines) is 2. The zero-order valence-electron chi connectivity index (χ0n) is 23.1. The minimum atomic E-state index is -0.0229. The number of amides is 1. The number of anilines is 3. The third-order valence-corrected chi connectivity index (χ3v) is 9.69. The standard InChI is InChI=1S/C28H37N9OS2/c1-20(2)39-23-7-4-3-6-21(23)14-36-18-28(19-36)10-13-35(17-28)16-25(38)31-27-34-33-26(40-27)30-22-9-12-37(15-22)24-8-5-11-29-32-24/h3-8,11,20,22H,9-10,12-19H2,1-2H3,(H,30,33)(H,31,34,38)/t22-/m1/s1. The van der Waals surface area contributed by atoms with Gasteiger partial charge in [-0.2, -0.15) is 5.10 Å². The van der Waals surface area contributed by atoms with E-state index in [1.54, 1.807) is 6.20 Å². The first-order chi connectivity index (χ1) is 19.4. The molecule has 2 N–H and O–H groups in total. The number of carbonyl (C=O) groups excluding carboxylic acids is 1. The molecule has 12 heteroatoms. The van der Waals surface area contributed by atoms with Crippen molar-refractivity contribution in [1.82, 2.24) is 30.2 Å². The predicted octanol–water partition coefficient (Wildman–Crippen LogP) is 3.67. The second-order valence-corrected chi connectivity index (χ2v) is 14.1. The average Bonchev–Trinajstić information content (AvgIpc) is 3.66.